The number of hydrogen-bond acceptors (Lipinski definition) is 1. The number of H-pyrrole nitrogens is 1. The first kappa shape index (κ1) is 7.87. The minimum atomic E-state index is 0.306. The minimum Gasteiger partial charge on any atom is -0.376 e. The summed E-state index contributed by atoms with van der Waals surface area (Å²) in [5.74, 6) is 0.651. The first-order valence-corrected chi connectivity index (χ1v) is 4.51. The van der Waals surface area contributed by atoms with Crippen molar-refractivity contribution in [1.82, 2.24) is 4.98 Å². The highest BCUT2D eigenvalue weighted by atomic mass is 16.5. The molecule has 2 nitrogen and oxygen atoms in total. The van der Waals surface area contributed by atoms with E-state index in [1.165, 1.54) is 24.0 Å². The molecule has 2 heteroatoms. The van der Waals surface area contributed by atoms with Gasteiger partial charge in [-0.2, -0.15) is 0 Å². The fourth-order valence-electron chi connectivity index (χ4n) is 2.09. The second-order valence-electron chi connectivity index (χ2n) is 3.61. The lowest BCUT2D eigenvalue weighted by atomic mass is 9.85. The number of ether oxygens (including phenoxy) is 1. The van der Waals surface area contributed by atoms with E-state index in [9.17, 15) is 0 Å². The zero-order chi connectivity index (χ0) is 8.55. The van der Waals surface area contributed by atoms with E-state index >= 15 is 0 Å². The molecule has 0 saturated carbocycles. The molecule has 1 N–H and O–H groups in total. The fourth-order valence-corrected chi connectivity index (χ4v) is 2.09. The lowest BCUT2D eigenvalue weighted by molar-refractivity contribution is 0.0483. The molecule has 0 saturated heterocycles. The molecule has 66 valence electrons. The number of methoxy groups -OCH3 is 1. The molecule has 0 amide bonds. The lowest BCUT2D eigenvalue weighted by Crippen LogP contribution is -2.18. The maximum absolute atomic E-state index is 5.47. The number of aryl methyl sites for hydroxylation is 1. The van der Waals surface area contributed by atoms with Gasteiger partial charge in [0.05, 0.1) is 6.10 Å². The van der Waals surface area contributed by atoms with Crippen LogP contribution < -0.4 is 0 Å². The van der Waals surface area contributed by atoms with Crippen LogP contribution in [0, 0.1) is 5.92 Å². The largest absolute Gasteiger partial charge is 0.376 e. The van der Waals surface area contributed by atoms with E-state index in [-0.39, 0.29) is 0 Å². The summed E-state index contributed by atoms with van der Waals surface area (Å²) < 4.78 is 5.47. The van der Waals surface area contributed by atoms with Gasteiger partial charge >= 0.3 is 0 Å². The number of rotatable bonds is 1. The molecule has 0 aliphatic heterocycles. The molecule has 0 spiro atoms. The molecule has 1 aromatic heterocycles. The second-order valence-corrected chi connectivity index (χ2v) is 3.61. The molecule has 2 atom stereocenters. The van der Waals surface area contributed by atoms with Crippen LogP contribution in [0.4, 0.5) is 0 Å². The van der Waals surface area contributed by atoms with Gasteiger partial charge in [-0.1, -0.05) is 6.92 Å². The van der Waals surface area contributed by atoms with E-state index in [1.807, 2.05) is 0 Å². The van der Waals surface area contributed by atoms with Gasteiger partial charge in [0.15, 0.2) is 0 Å². The lowest BCUT2D eigenvalue weighted by Gasteiger charge is -2.27. The van der Waals surface area contributed by atoms with Crippen molar-refractivity contribution in [3.63, 3.8) is 0 Å². The Hall–Kier alpha value is -0.760. The Bertz CT molecular complexity index is 267. The summed E-state index contributed by atoms with van der Waals surface area (Å²) in [6.45, 7) is 2.25. The average Bonchev–Trinajstić information content (AvgIpc) is 2.52. The van der Waals surface area contributed by atoms with Gasteiger partial charge in [0.1, 0.15) is 0 Å². The van der Waals surface area contributed by atoms with Crippen LogP contribution in [-0.2, 0) is 11.2 Å². The molecule has 0 bridgehead atoms. The first-order chi connectivity index (χ1) is 5.83. The molecule has 0 unspecified atom stereocenters. The third kappa shape index (κ3) is 1.07. The summed E-state index contributed by atoms with van der Waals surface area (Å²) in [5.41, 5.74) is 2.79. The van der Waals surface area contributed by atoms with E-state index in [2.05, 4.69) is 24.3 Å². The van der Waals surface area contributed by atoms with Crippen molar-refractivity contribution in [2.24, 2.45) is 5.92 Å². The zero-order valence-corrected chi connectivity index (χ0v) is 7.63. The summed E-state index contributed by atoms with van der Waals surface area (Å²) in [5, 5.41) is 0. The van der Waals surface area contributed by atoms with Gasteiger partial charge in [0, 0.05) is 25.1 Å². The normalized spacial score (nSPS) is 28.5. The van der Waals surface area contributed by atoms with Crippen LogP contribution in [0.25, 0.3) is 0 Å². The van der Waals surface area contributed by atoms with E-state index in [4.69, 9.17) is 4.74 Å². The third-order valence-corrected chi connectivity index (χ3v) is 2.81. The quantitative estimate of drug-likeness (QED) is 0.678. The van der Waals surface area contributed by atoms with Gasteiger partial charge in [-0.25, -0.2) is 0 Å². The molecule has 1 aliphatic rings. The van der Waals surface area contributed by atoms with E-state index in [0.717, 1.165) is 0 Å². The Morgan fingerprint density at radius 1 is 1.50 bits per heavy atom. The monoisotopic (exact) mass is 165 g/mol. The number of aromatic amines is 1. The number of nitrogens with one attached hydrogen (secondary N) is 1. The molecular formula is C10H15NO. The molecule has 0 aromatic carbocycles. The van der Waals surface area contributed by atoms with Crippen LogP contribution in [0.2, 0.25) is 0 Å². The molecule has 0 radical (unpaired) electrons. The van der Waals surface area contributed by atoms with Crippen molar-refractivity contribution in [2.45, 2.75) is 25.9 Å². The highest BCUT2D eigenvalue weighted by Gasteiger charge is 2.26. The predicted octanol–water partition coefficient (Wildman–Crippen LogP) is 2.28. The third-order valence-electron chi connectivity index (χ3n) is 2.81. The maximum Gasteiger partial charge on any atom is 0.0863 e. The van der Waals surface area contributed by atoms with Crippen LogP contribution in [0.15, 0.2) is 12.4 Å². The van der Waals surface area contributed by atoms with E-state index < -0.39 is 0 Å². The number of hydrogen-bond donors (Lipinski definition) is 1. The fraction of sp³-hybridized carbons (Fsp3) is 0.600. The van der Waals surface area contributed by atoms with Gasteiger partial charge in [-0.15, -0.1) is 0 Å². The molecule has 1 aromatic rings. The Morgan fingerprint density at radius 3 is 3.08 bits per heavy atom. The van der Waals surface area contributed by atoms with Gasteiger partial charge < -0.3 is 9.72 Å². The standard InChI is InChI=1S/C10H15NO/c1-7-3-4-8-5-11-6-9(8)10(7)12-2/h5-7,10-11H,3-4H2,1-2H3/t7-,10+/m0/s1. The van der Waals surface area contributed by atoms with Gasteiger partial charge in [-0.05, 0) is 24.3 Å². The zero-order valence-electron chi connectivity index (χ0n) is 7.63. The Kier molecular flexibility index (Phi) is 1.93. The SMILES string of the molecule is CO[C@H]1c2c[nH]cc2CC[C@@H]1C. The van der Waals surface area contributed by atoms with Crippen LogP contribution in [0.1, 0.15) is 30.6 Å². The molecule has 1 heterocycles. The van der Waals surface area contributed by atoms with E-state index in [0.29, 0.717) is 12.0 Å². The van der Waals surface area contributed by atoms with Crippen molar-refractivity contribution < 1.29 is 4.74 Å². The second kappa shape index (κ2) is 2.94. The van der Waals surface area contributed by atoms with Crippen LogP contribution in [0.3, 0.4) is 0 Å². The molecule has 1 aliphatic carbocycles. The Balaban J connectivity index is 2.34. The highest BCUT2D eigenvalue weighted by molar-refractivity contribution is 5.28. The summed E-state index contributed by atoms with van der Waals surface area (Å²) in [4.78, 5) is 3.15. The van der Waals surface area contributed by atoms with Gasteiger partial charge in [-0.3, -0.25) is 0 Å². The molecule has 2 rings (SSSR count). The number of fused-ring (bicyclic) bond motifs is 1. The maximum atomic E-state index is 5.47. The summed E-state index contributed by atoms with van der Waals surface area (Å²) in [7, 11) is 1.79. The minimum absolute atomic E-state index is 0.306. The van der Waals surface area contributed by atoms with Gasteiger partial charge in [0.2, 0.25) is 0 Å². The van der Waals surface area contributed by atoms with Crippen LogP contribution in [0.5, 0.6) is 0 Å². The molecular weight excluding hydrogens is 150 g/mol. The van der Waals surface area contributed by atoms with Gasteiger partial charge in [0.25, 0.3) is 0 Å². The summed E-state index contributed by atoms with van der Waals surface area (Å²) in [6.07, 6.45) is 6.90. The van der Waals surface area contributed by atoms with Crippen molar-refractivity contribution in [3.05, 3.63) is 23.5 Å². The topological polar surface area (TPSA) is 25.0 Å². The first-order valence-electron chi connectivity index (χ1n) is 4.51. The summed E-state index contributed by atoms with van der Waals surface area (Å²) in [6, 6.07) is 0. The van der Waals surface area contributed by atoms with Crippen molar-refractivity contribution in [1.29, 1.82) is 0 Å². The number of aromatic nitrogens is 1. The Morgan fingerprint density at radius 2 is 2.33 bits per heavy atom. The highest BCUT2D eigenvalue weighted by Crippen LogP contribution is 2.35. The van der Waals surface area contributed by atoms with E-state index in [1.54, 1.807) is 7.11 Å². The van der Waals surface area contributed by atoms with Crippen LogP contribution in [-0.4, -0.2) is 12.1 Å². The predicted molar refractivity (Wildman–Crippen MR) is 48.0 cm³/mol. The Labute approximate surface area is 72.9 Å². The van der Waals surface area contributed by atoms with Crippen molar-refractivity contribution in [2.75, 3.05) is 7.11 Å². The van der Waals surface area contributed by atoms with Crippen molar-refractivity contribution >= 4 is 0 Å². The van der Waals surface area contributed by atoms with Crippen LogP contribution >= 0.6 is 0 Å². The summed E-state index contributed by atoms with van der Waals surface area (Å²) >= 11 is 0. The molecule has 12 heavy (non-hydrogen) atoms. The van der Waals surface area contributed by atoms with Crippen molar-refractivity contribution in [3.8, 4) is 0 Å². The smallest absolute Gasteiger partial charge is 0.0863 e. The molecule has 0 fully saturated rings. The average molecular weight is 165 g/mol.